The van der Waals surface area contributed by atoms with Crippen LogP contribution in [0.25, 0.3) is 0 Å². The molecule has 0 radical (unpaired) electrons. The van der Waals surface area contributed by atoms with Crippen LogP contribution >= 0.6 is 27.5 Å². The summed E-state index contributed by atoms with van der Waals surface area (Å²) in [6.45, 7) is 0. The highest BCUT2D eigenvalue weighted by molar-refractivity contribution is 9.10. The van der Waals surface area contributed by atoms with Gasteiger partial charge in [0.2, 0.25) is 0 Å². The van der Waals surface area contributed by atoms with Gasteiger partial charge in [0.1, 0.15) is 11.9 Å². The Morgan fingerprint density at radius 2 is 2.05 bits per heavy atom. The zero-order valence-corrected chi connectivity index (χ0v) is 13.1. The molecule has 1 aliphatic rings. The zero-order chi connectivity index (χ0) is 16.5. The zero-order valence-electron chi connectivity index (χ0n) is 10.8. The number of rotatable bonds is 3. The first-order valence-corrected chi connectivity index (χ1v) is 7.13. The molecule has 8 heteroatoms. The highest BCUT2D eigenvalue weighted by Gasteiger charge is 2.58. The van der Waals surface area contributed by atoms with E-state index in [1.807, 2.05) is 0 Å². The summed E-state index contributed by atoms with van der Waals surface area (Å²) >= 11 is 8.73. The lowest BCUT2D eigenvalue weighted by Gasteiger charge is -2.34. The van der Waals surface area contributed by atoms with Gasteiger partial charge in [-0.15, -0.1) is 11.6 Å². The number of carboxylic acids is 1. The predicted molar refractivity (Wildman–Crippen MR) is 78.4 cm³/mol. The van der Waals surface area contributed by atoms with E-state index in [9.17, 15) is 18.0 Å². The number of halogens is 5. The predicted octanol–water partition coefficient (Wildman–Crippen LogP) is 4.56. The second-order valence-corrected chi connectivity index (χ2v) is 5.97. The van der Waals surface area contributed by atoms with Gasteiger partial charge in [0, 0.05) is 4.47 Å². The first-order valence-electron chi connectivity index (χ1n) is 5.96. The molecule has 0 heterocycles. The summed E-state index contributed by atoms with van der Waals surface area (Å²) in [4.78, 5) is 8.33. The van der Waals surface area contributed by atoms with Crippen LogP contribution in [0.4, 0.5) is 13.2 Å². The summed E-state index contributed by atoms with van der Waals surface area (Å²) in [6.07, 6.45) is -1.70. The van der Waals surface area contributed by atoms with Gasteiger partial charge in [0.05, 0.1) is 5.56 Å². The van der Waals surface area contributed by atoms with E-state index in [2.05, 4.69) is 15.9 Å². The third kappa shape index (κ3) is 3.15. The number of hydrogen-bond donors (Lipinski definition) is 1. The first-order chi connectivity index (χ1) is 10.1. The Hall–Kier alpha value is -1.47. The number of aromatic carboxylic acids is 1. The Morgan fingerprint density at radius 1 is 1.36 bits per heavy atom. The van der Waals surface area contributed by atoms with E-state index in [0.717, 1.165) is 12.1 Å². The fourth-order valence-electron chi connectivity index (χ4n) is 1.86. The Morgan fingerprint density at radius 3 is 2.64 bits per heavy atom. The second kappa shape index (κ2) is 5.96. The van der Waals surface area contributed by atoms with Gasteiger partial charge in [-0.05, 0) is 40.2 Å². The lowest BCUT2D eigenvalue weighted by atomic mass is 9.95. The van der Waals surface area contributed by atoms with E-state index >= 15 is 0 Å². The summed E-state index contributed by atoms with van der Waals surface area (Å²) in [5, 5.41) is 9.01. The summed E-state index contributed by atoms with van der Waals surface area (Å²) in [5.74, 6) is -1.26. The molecule has 22 heavy (non-hydrogen) atoms. The maximum Gasteiger partial charge on any atom is 0.415 e. The van der Waals surface area contributed by atoms with E-state index in [0.29, 0.717) is 4.47 Å². The highest BCUT2D eigenvalue weighted by Crippen LogP contribution is 2.43. The summed E-state index contributed by atoms with van der Waals surface area (Å²) in [5.41, 5.74) is -0.125. The lowest BCUT2D eigenvalue weighted by Crippen LogP contribution is -2.50. The monoisotopic (exact) mass is 396 g/mol. The average Bonchev–Trinajstić information content (AvgIpc) is 2.42. The molecule has 1 aromatic carbocycles. The number of alkyl halides is 4. The van der Waals surface area contributed by atoms with Crippen molar-refractivity contribution in [2.75, 3.05) is 0 Å². The van der Waals surface area contributed by atoms with Crippen molar-refractivity contribution in [3.05, 3.63) is 52.5 Å². The van der Waals surface area contributed by atoms with E-state index < -0.39 is 23.1 Å². The van der Waals surface area contributed by atoms with Crippen LogP contribution < -0.4 is 4.74 Å². The fourth-order valence-corrected chi connectivity index (χ4v) is 2.47. The lowest BCUT2D eigenvalue weighted by molar-refractivity contribution is -0.164. The number of carboxylic acid groups (broad SMARTS) is 1. The smallest absolute Gasteiger partial charge is 0.415 e. The van der Waals surface area contributed by atoms with E-state index in [1.54, 1.807) is 0 Å². The molecule has 0 saturated heterocycles. The highest BCUT2D eigenvalue weighted by atomic mass is 79.9. The van der Waals surface area contributed by atoms with Gasteiger partial charge in [0.25, 0.3) is 0 Å². The van der Waals surface area contributed by atoms with Crippen LogP contribution in [0.1, 0.15) is 10.4 Å². The minimum absolute atomic E-state index is 0.0279. The van der Waals surface area contributed by atoms with Crippen LogP contribution in [-0.4, -0.2) is 28.2 Å². The van der Waals surface area contributed by atoms with Gasteiger partial charge >= 0.3 is 12.1 Å². The number of hydrogen-bond acceptors (Lipinski definition) is 2. The fraction of sp³-hybridized carbons (Fsp3) is 0.214. The van der Waals surface area contributed by atoms with Crippen molar-refractivity contribution in [1.29, 1.82) is 0 Å². The summed E-state index contributed by atoms with van der Waals surface area (Å²) in [6, 6.07) is 3.87. The molecule has 1 aromatic rings. The van der Waals surface area contributed by atoms with Crippen LogP contribution in [0.15, 0.2) is 47.0 Å². The molecule has 2 unspecified atom stereocenters. The van der Waals surface area contributed by atoms with Gasteiger partial charge in [-0.3, -0.25) is 0 Å². The number of ether oxygens (including phenoxy) is 1. The van der Waals surface area contributed by atoms with Crippen molar-refractivity contribution in [3.63, 3.8) is 0 Å². The minimum atomic E-state index is -4.73. The van der Waals surface area contributed by atoms with Gasteiger partial charge in [0.15, 0.2) is 4.87 Å². The van der Waals surface area contributed by atoms with Crippen molar-refractivity contribution in [3.8, 4) is 5.75 Å². The summed E-state index contributed by atoms with van der Waals surface area (Å²) in [7, 11) is 0. The Kier molecular flexibility index (Phi) is 4.58. The molecule has 0 amide bonds. The van der Waals surface area contributed by atoms with Crippen LogP contribution in [-0.2, 0) is 0 Å². The standard InChI is InChI=1S/C14H9BrClF3O3/c15-10-5-4-8(7-9(10)12(20)21)22-11-3-1-2-6-13(11,16)14(17,18)19/h1-7,11H,(H,20,21). The first kappa shape index (κ1) is 16.9. The number of benzene rings is 1. The van der Waals surface area contributed by atoms with Crippen LogP contribution in [0, 0.1) is 0 Å². The third-order valence-electron chi connectivity index (χ3n) is 3.02. The van der Waals surface area contributed by atoms with Crippen LogP contribution in [0.3, 0.4) is 0 Å². The maximum atomic E-state index is 13.2. The second-order valence-electron chi connectivity index (χ2n) is 4.50. The van der Waals surface area contributed by atoms with Gasteiger partial charge < -0.3 is 9.84 Å². The molecule has 1 N–H and O–H groups in total. The van der Waals surface area contributed by atoms with Crippen LogP contribution in [0.2, 0.25) is 0 Å². The summed E-state index contributed by atoms with van der Waals surface area (Å²) < 4.78 is 45.0. The van der Waals surface area contributed by atoms with Crippen molar-refractivity contribution in [2.24, 2.45) is 0 Å². The number of allylic oxidation sites excluding steroid dienone is 2. The molecule has 0 aliphatic heterocycles. The van der Waals surface area contributed by atoms with Crippen molar-refractivity contribution in [1.82, 2.24) is 0 Å². The molecule has 2 rings (SSSR count). The van der Waals surface area contributed by atoms with Gasteiger partial charge in [-0.25, -0.2) is 4.79 Å². The molecule has 0 fully saturated rings. The molecule has 3 nitrogen and oxygen atoms in total. The molecule has 0 saturated carbocycles. The third-order valence-corrected chi connectivity index (χ3v) is 4.26. The molecule has 0 spiro atoms. The Bertz CT molecular complexity index is 657. The van der Waals surface area contributed by atoms with E-state index in [1.165, 1.54) is 30.4 Å². The van der Waals surface area contributed by atoms with Crippen LogP contribution in [0.5, 0.6) is 5.75 Å². The Labute approximate surface area is 137 Å². The number of carbonyl (C=O) groups is 1. The molecule has 1 aliphatic carbocycles. The average molecular weight is 398 g/mol. The Balaban J connectivity index is 2.33. The minimum Gasteiger partial charge on any atom is -0.484 e. The van der Waals surface area contributed by atoms with Crippen molar-refractivity contribution < 1.29 is 27.8 Å². The SMILES string of the molecule is O=C(O)c1cc(OC2C=CC=CC2(Cl)C(F)(F)F)ccc1Br. The molecule has 118 valence electrons. The molecular weight excluding hydrogens is 389 g/mol. The molecule has 0 aromatic heterocycles. The normalized spacial score (nSPS) is 24.3. The topological polar surface area (TPSA) is 46.5 Å². The van der Waals surface area contributed by atoms with E-state index in [4.69, 9.17) is 21.4 Å². The molecule has 0 bridgehead atoms. The molecular formula is C14H9BrClF3O3. The van der Waals surface area contributed by atoms with Crippen molar-refractivity contribution >= 4 is 33.5 Å². The van der Waals surface area contributed by atoms with E-state index in [-0.39, 0.29) is 11.3 Å². The van der Waals surface area contributed by atoms with Crippen molar-refractivity contribution in [2.45, 2.75) is 17.2 Å². The largest absolute Gasteiger partial charge is 0.484 e. The molecule has 2 atom stereocenters. The van der Waals surface area contributed by atoms with Gasteiger partial charge in [-0.2, -0.15) is 13.2 Å². The quantitative estimate of drug-likeness (QED) is 0.761. The maximum absolute atomic E-state index is 13.2. The van der Waals surface area contributed by atoms with Gasteiger partial charge in [-0.1, -0.05) is 18.2 Å².